The van der Waals surface area contributed by atoms with Crippen molar-refractivity contribution in [1.29, 1.82) is 0 Å². The Labute approximate surface area is 154 Å². The van der Waals surface area contributed by atoms with Crippen molar-refractivity contribution in [1.82, 2.24) is 5.32 Å². The monoisotopic (exact) mass is 402 g/mol. The Morgan fingerprint density at radius 3 is 2.36 bits per heavy atom. The minimum atomic E-state index is -0.265. The van der Waals surface area contributed by atoms with Gasteiger partial charge in [0.15, 0.2) is 5.78 Å². The summed E-state index contributed by atoms with van der Waals surface area (Å²) in [6.45, 7) is 2.37. The molecule has 6 heteroatoms. The van der Waals surface area contributed by atoms with Gasteiger partial charge in [-0.25, -0.2) is 0 Å². The van der Waals surface area contributed by atoms with Gasteiger partial charge >= 0.3 is 0 Å². The molecule has 25 heavy (non-hydrogen) atoms. The lowest BCUT2D eigenvalue weighted by atomic mass is 10.1. The first kappa shape index (κ1) is 18.9. The van der Waals surface area contributed by atoms with E-state index < -0.39 is 0 Å². The predicted octanol–water partition coefficient (Wildman–Crippen LogP) is 3.80. The van der Waals surface area contributed by atoms with E-state index in [-0.39, 0.29) is 30.4 Å². The zero-order valence-corrected chi connectivity index (χ0v) is 15.4. The minimum absolute atomic E-state index is 0.0836. The zero-order chi connectivity index (χ0) is 18.2. The van der Waals surface area contributed by atoms with Crippen molar-refractivity contribution in [2.24, 2.45) is 0 Å². The number of anilines is 1. The first-order valence-electron chi connectivity index (χ1n) is 7.96. The molecule has 0 aliphatic heterocycles. The van der Waals surface area contributed by atoms with Crippen molar-refractivity contribution in [3.8, 4) is 0 Å². The van der Waals surface area contributed by atoms with Gasteiger partial charge in [0.05, 0.1) is 0 Å². The average molecular weight is 403 g/mol. The van der Waals surface area contributed by atoms with Crippen LogP contribution in [-0.2, 0) is 4.79 Å². The standard InChI is InChI=1S/C19H19BrN2O3/c1-2-21-19(25)14-4-3-5-16(12-14)22-18(24)11-10-17(23)13-6-8-15(20)9-7-13/h3-9,12H,2,10-11H2,1H3,(H,21,25)(H,22,24). The molecule has 2 aromatic carbocycles. The van der Waals surface area contributed by atoms with Crippen LogP contribution < -0.4 is 10.6 Å². The van der Waals surface area contributed by atoms with E-state index in [0.29, 0.717) is 23.4 Å². The average Bonchev–Trinajstić information content (AvgIpc) is 2.61. The van der Waals surface area contributed by atoms with Gasteiger partial charge in [-0.2, -0.15) is 0 Å². The molecule has 2 rings (SSSR count). The maximum Gasteiger partial charge on any atom is 0.251 e. The van der Waals surface area contributed by atoms with Crippen LogP contribution in [0.25, 0.3) is 0 Å². The minimum Gasteiger partial charge on any atom is -0.352 e. The topological polar surface area (TPSA) is 75.3 Å². The van der Waals surface area contributed by atoms with Gasteiger partial charge < -0.3 is 10.6 Å². The van der Waals surface area contributed by atoms with E-state index in [0.717, 1.165) is 4.47 Å². The molecule has 0 saturated heterocycles. The number of nitrogens with one attached hydrogen (secondary N) is 2. The molecule has 0 saturated carbocycles. The molecule has 130 valence electrons. The van der Waals surface area contributed by atoms with Gasteiger partial charge in [-0.3, -0.25) is 14.4 Å². The molecule has 0 aromatic heterocycles. The number of rotatable bonds is 7. The molecule has 0 unspecified atom stereocenters. The first-order chi connectivity index (χ1) is 12.0. The van der Waals surface area contributed by atoms with E-state index in [1.165, 1.54) is 0 Å². The molecule has 2 amide bonds. The third kappa shape index (κ3) is 5.83. The molecule has 0 aliphatic carbocycles. The second kappa shape index (κ2) is 9.13. The number of benzene rings is 2. The number of amides is 2. The number of hydrogen-bond donors (Lipinski definition) is 2. The van der Waals surface area contributed by atoms with Crippen LogP contribution in [0.3, 0.4) is 0 Å². The van der Waals surface area contributed by atoms with Crippen LogP contribution >= 0.6 is 15.9 Å². The Balaban J connectivity index is 1.90. The molecular formula is C19H19BrN2O3. The maximum absolute atomic E-state index is 12.1. The molecular weight excluding hydrogens is 384 g/mol. The van der Waals surface area contributed by atoms with E-state index in [2.05, 4.69) is 26.6 Å². The summed E-state index contributed by atoms with van der Waals surface area (Å²) in [5.74, 6) is -0.541. The lowest BCUT2D eigenvalue weighted by Gasteiger charge is -2.07. The normalized spacial score (nSPS) is 10.2. The highest BCUT2D eigenvalue weighted by molar-refractivity contribution is 9.10. The Morgan fingerprint density at radius 1 is 0.960 bits per heavy atom. The summed E-state index contributed by atoms with van der Waals surface area (Å²) in [5.41, 5.74) is 1.59. The van der Waals surface area contributed by atoms with Crippen LogP contribution in [-0.4, -0.2) is 24.1 Å². The summed E-state index contributed by atoms with van der Waals surface area (Å²) in [7, 11) is 0. The molecule has 0 bridgehead atoms. The second-order valence-electron chi connectivity index (χ2n) is 5.42. The van der Waals surface area contributed by atoms with Crippen LogP contribution in [0.2, 0.25) is 0 Å². The summed E-state index contributed by atoms with van der Waals surface area (Å²) in [5, 5.41) is 5.42. The summed E-state index contributed by atoms with van der Waals surface area (Å²) in [6.07, 6.45) is 0.212. The van der Waals surface area contributed by atoms with Gasteiger partial charge in [0, 0.05) is 40.7 Å². The van der Waals surface area contributed by atoms with Gasteiger partial charge in [-0.05, 0) is 37.3 Å². The summed E-state index contributed by atoms with van der Waals surface area (Å²) < 4.78 is 0.897. The molecule has 2 aromatic rings. The highest BCUT2D eigenvalue weighted by atomic mass is 79.9. The summed E-state index contributed by atoms with van der Waals surface area (Å²) in [6, 6.07) is 13.7. The van der Waals surface area contributed by atoms with Crippen molar-refractivity contribution < 1.29 is 14.4 Å². The number of carbonyl (C=O) groups excluding carboxylic acids is 3. The number of ketones is 1. The fraction of sp³-hybridized carbons (Fsp3) is 0.211. The fourth-order valence-corrected chi connectivity index (χ4v) is 2.50. The Kier molecular flexibility index (Phi) is 6.89. The third-order valence-electron chi connectivity index (χ3n) is 3.49. The van der Waals surface area contributed by atoms with Gasteiger partial charge in [0.1, 0.15) is 0 Å². The maximum atomic E-state index is 12.1. The van der Waals surface area contributed by atoms with Crippen molar-refractivity contribution in [2.45, 2.75) is 19.8 Å². The first-order valence-corrected chi connectivity index (χ1v) is 8.75. The third-order valence-corrected chi connectivity index (χ3v) is 4.02. The van der Waals surface area contributed by atoms with Crippen LogP contribution in [0.5, 0.6) is 0 Å². The number of carbonyl (C=O) groups is 3. The number of halogens is 1. The predicted molar refractivity (Wildman–Crippen MR) is 101 cm³/mol. The van der Waals surface area contributed by atoms with Gasteiger partial charge in [-0.15, -0.1) is 0 Å². The number of hydrogen-bond acceptors (Lipinski definition) is 3. The van der Waals surface area contributed by atoms with Gasteiger partial charge in [-0.1, -0.05) is 34.1 Å². The quantitative estimate of drug-likeness (QED) is 0.691. The van der Waals surface area contributed by atoms with Crippen molar-refractivity contribution in [3.05, 3.63) is 64.1 Å². The van der Waals surface area contributed by atoms with Gasteiger partial charge in [0.2, 0.25) is 5.91 Å². The van der Waals surface area contributed by atoms with Crippen LogP contribution in [0, 0.1) is 0 Å². The Bertz CT molecular complexity index is 772. The van der Waals surface area contributed by atoms with E-state index in [9.17, 15) is 14.4 Å². The van der Waals surface area contributed by atoms with Crippen molar-refractivity contribution >= 4 is 39.2 Å². The molecule has 0 atom stereocenters. The molecule has 0 aliphatic rings. The highest BCUT2D eigenvalue weighted by Gasteiger charge is 2.11. The van der Waals surface area contributed by atoms with Crippen LogP contribution in [0.15, 0.2) is 53.0 Å². The second-order valence-corrected chi connectivity index (χ2v) is 6.33. The van der Waals surface area contributed by atoms with E-state index in [4.69, 9.17) is 0 Å². The smallest absolute Gasteiger partial charge is 0.251 e. The van der Waals surface area contributed by atoms with Crippen LogP contribution in [0.4, 0.5) is 5.69 Å². The van der Waals surface area contributed by atoms with Crippen LogP contribution in [0.1, 0.15) is 40.5 Å². The van der Waals surface area contributed by atoms with Crippen molar-refractivity contribution in [2.75, 3.05) is 11.9 Å². The number of Topliss-reactive ketones (excluding diaryl/α,β-unsaturated/α-hetero) is 1. The fourth-order valence-electron chi connectivity index (χ4n) is 2.23. The summed E-state index contributed by atoms with van der Waals surface area (Å²) in [4.78, 5) is 35.9. The molecule has 0 heterocycles. The molecule has 2 N–H and O–H groups in total. The molecule has 0 fully saturated rings. The lowest BCUT2D eigenvalue weighted by Crippen LogP contribution is -2.22. The largest absolute Gasteiger partial charge is 0.352 e. The van der Waals surface area contributed by atoms with Gasteiger partial charge in [0.25, 0.3) is 5.91 Å². The van der Waals surface area contributed by atoms with E-state index in [1.54, 1.807) is 48.5 Å². The Morgan fingerprint density at radius 2 is 1.68 bits per heavy atom. The van der Waals surface area contributed by atoms with E-state index in [1.807, 2.05) is 6.92 Å². The molecule has 0 spiro atoms. The lowest BCUT2D eigenvalue weighted by molar-refractivity contribution is -0.116. The highest BCUT2D eigenvalue weighted by Crippen LogP contribution is 2.14. The van der Waals surface area contributed by atoms with Crippen molar-refractivity contribution in [3.63, 3.8) is 0 Å². The summed E-state index contributed by atoms with van der Waals surface area (Å²) >= 11 is 3.32. The Hall–Kier alpha value is -2.47. The van der Waals surface area contributed by atoms with E-state index >= 15 is 0 Å². The zero-order valence-electron chi connectivity index (χ0n) is 13.8. The molecule has 0 radical (unpaired) electrons. The SMILES string of the molecule is CCNC(=O)c1cccc(NC(=O)CCC(=O)c2ccc(Br)cc2)c1. The molecule has 5 nitrogen and oxygen atoms in total.